The van der Waals surface area contributed by atoms with Gasteiger partial charge in [0.15, 0.2) is 0 Å². The average Bonchev–Trinajstić information content (AvgIpc) is 3.17. The van der Waals surface area contributed by atoms with E-state index in [0.29, 0.717) is 25.6 Å². The van der Waals surface area contributed by atoms with Gasteiger partial charge in [0, 0.05) is 38.6 Å². The highest BCUT2D eigenvalue weighted by Crippen LogP contribution is 2.17. The van der Waals surface area contributed by atoms with Crippen molar-refractivity contribution in [1.82, 2.24) is 21.3 Å². The molecule has 3 amide bonds. The third-order valence-electron chi connectivity index (χ3n) is 5.70. The number of carbonyl (C=O) groups is 2. The lowest BCUT2D eigenvalue weighted by Crippen LogP contribution is -2.43. The maximum Gasteiger partial charge on any atom is 0.315 e. The van der Waals surface area contributed by atoms with E-state index in [-0.39, 0.29) is 24.3 Å². The molecule has 0 bridgehead atoms. The van der Waals surface area contributed by atoms with Crippen LogP contribution in [-0.4, -0.2) is 24.5 Å². The molecule has 29 heavy (non-hydrogen) atoms. The van der Waals surface area contributed by atoms with E-state index in [0.717, 1.165) is 50.8 Å². The zero-order valence-corrected chi connectivity index (χ0v) is 18.0. The van der Waals surface area contributed by atoms with E-state index in [1.54, 1.807) is 0 Å². The molecule has 162 valence electrons. The van der Waals surface area contributed by atoms with Crippen molar-refractivity contribution in [2.45, 2.75) is 83.5 Å². The Morgan fingerprint density at radius 3 is 2.59 bits per heavy atom. The molecule has 4 N–H and O–H groups in total. The molecule has 0 aromatic heterocycles. The average molecular weight is 423 g/mol. The van der Waals surface area contributed by atoms with Crippen molar-refractivity contribution in [1.29, 1.82) is 0 Å². The molecule has 0 atom stereocenters. The monoisotopic (exact) mass is 422 g/mol. The molecule has 7 heteroatoms. The summed E-state index contributed by atoms with van der Waals surface area (Å²) in [5, 5.41) is 12.3. The molecule has 1 heterocycles. The van der Waals surface area contributed by atoms with Crippen LogP contribution in [0.2, 0.25) is 0 Å². The topological polar surface area (TPSA) is 82.3 Å². The molecule has 1 aliphatic carbocycles. The Morgan fingerprint density at radius 1 is 0.966 bits per heavy atom. The molecule has 2 aliphatic rings. The van der Waals surface area contributed by atoms with E-state index in [1.807, 2.05) is 0 Å². The highest BCUT2D eigenvalue weighted by Gasteiger charge is 2.15. The summed E-state index contributed by atoms with van der Waals surface area (Å²) in [6, 6.07) is 6.72. The van der Waals surface area contributed by atoms with Gasteiger partial charge in [-0.25, -0.2) is 4.79 Å². The minimum Gasteiger partial charge on any atom is -0.352 e. The highest BCUT2D eigenvalue weighted by molar-refractivity contribution is 5.85. The Hall–Kier alpha value is -1.79. The van der Waals surface area contributed by atoms with Crippen molar-refractivity contribution in [2.24, 2.45) is 0 Å². The highest BCUT2D eigenvalue weighted by atomic mass is 35.5. The van der Waals surface area contributed by atoms with Gasteiger partial charge in [0.05, 0.1) is 0 Å². The molecule has 0 saturated heterocycles. The fourth-order valence-electron chi connectivity index (χ4n) is 4.02. The van der Waals surface area contributed by atoms with Crippen LogP contribution in [0.15, 0.2) is 18.2 Å². The predicted octanol–water partition coefficient (Wildman–Crippen LogP) is 3.52. The van der Waals surface area contributed by atoms with Gasteiger partial charge in [-0.1, -0.05) is 43.9 Å². The quantitative estimate of drug-likeness (QED) is 0.459. The van der Waals surface area contributed by atoms with Crippen molar-refractivity contribution < 1.29 is 9.59 Å². The standard InChI is InChI=1S/C22H34N4O2.ClH/c27-21(25-14-17-10-11-18-15-23-16-19(18)13-17)9-5-2-6-12-24-22(28)26-20-7-3-1-4-8-20;/h10-11,13,20,23H,1-9,12,14-16H2,(H,25,27)(H2,24,26,28);1H. The van der Waals surface area contributed by atoms with Gasteiger partial charge in [-0.05, 0) is 42.4 Å². The van der Waals surface area contributed by atoms with Crippen molar-refractivity contribution in [3.63, 3.8) is 0 Å². The van der Waals surface area contributed by atoms with E-state index in [4.69, 9.17) is 0 Å². The Balaban J connectivity index is 0.00000300. The zero-order valence-electron chi connectivity index (χ0n) is 17.2. The third kappa shape index (κ3) is 8.23. The largest absolute Gasteiger partial charge is 0.352 e. The van der Waals surface area contributed by atoms with Gasteiger partial charge in [-0.15, -0.1) is 12.4 Å². The lowest BCUT2D eigenvalue weighted by atomic mass is 9.96. The van der Waals surface area contributed by atoms with Gasteiger partial charge in [0.2, 0.25) is 5.91 Å². The van der Waals surface area contributed by atoms with Crippen LogP contribution < -0.4 is 21.3 Å². The molecule has 6 nitrogen and oxygen atoms in total. The number of fused-ring (bicyclic) bond motifs is 1. The van der Waals surface area contributed by atoms with Gasteiger partial charge in [0.25, 0.3) is 0 Å². The first kappa shape index (κ1) is 23.5. The predicted molar refractivity (Wildman–Crippen MR) is 118 cm³/mol. The van der Waals surface area contributed by atoms with Gasteiger partial charge >= 0.3 is 6.03 Å². The zero-order chi connectivity index (χ0) is 19.6. The molecule has 1 aromatic rings. The Labute approximate surface area is 180 Å². The second-order valence-corrected chi connectivity index (χ2v) is 8.03. The van der Waals surface area contributed by atoms with Gasteiger partial charge in [-0.3, -0.25) is 4.79 Å². The lowest BCUT2D eigenvalue weighted by molar-refractivity contribution is -0.121. The van der Waals surface area contributed by atoms with Gasteiger partial charge in [0.1, 0.15) is 0 Å². The number of benzene rings is 1. The number of rotatable bonds is 9. The fourth-order valence-corrected chi connectivity index (χ4v) is 4.02. The molecule has 0 spiro atoms. The summed E-state index contributed by atoms with van der Waals surface area (Å²) in [6.45, 7) is 3.13. The smallest absolute Gasteiger partial charge is 0.315 e. The number of hydrogen-bond acceptors (Lipinski definition) is 3. The Kier molecular flexibility index (Phi) is 10.3. The molecule has 1 aromatic carbocycles. The van der Waals surface area contributed by atoms with Crippen LogP contribution in [0.1, 0.15) is 74.5 Å². The van der Waals surface area contributed by atoms with Crippen LogP contribution in [0, 0.1) is 0 Å². The van der Waals surface area contributed by atoms with E-state index < -0.39 is 0 Å². The Morgan fingerprint density at radius 2 is 1.76 bits per heavy atom. The van der Waals surface area contributed by atoms with E-state index in [9.17, 15) is 9.59 Å². The minimum atomic E-state index is -0.0470. The lowest BCUT2D eigenvalue weighted by Gasteiger charge is -2.22. The fraction of sp³-hybridized carbons (Fsp3) is 0.636. The number of unbranched alkanes of at least 4 members (excludes halogenated alkanes) is 2. The van der Waals surface area contributed by atoms with E-state index in [2.05, 4.69) is 39.5 Å². The summed E-state index contributed by atoms with van der Waals surface area (Å²) in [5.74, 6) is 0.0987. The molecule has 1 saturated carbocycles. The number of halogens is 1. The summed E-state index contributed by atoms with van der Waals surface area (Å²) in [4.78, 5) is 23.9. The van der Waals surface area contributed by atoms with Crippen molar-refractivity contribution >= 4 is 24.3 Å². The molecule has 0 radical (unpaired) electrons. The number of carbonyl (C=O) groups excluding carboxylic acids is 2. The molecule has 0 unspecified atom stereocenters. The molecule has 1 fully saturated rings. The summed E-state index contributed by atoms with van der Waals surface area (Å²) >= 11 is 0. The van der Waals surface area contributed by atoms with Gasteiger partial charge in [-0.2, -0.15) is 0 Å². The van der Waals surface area contributed by atoms with Crippen molar-refractivity contribution in [2.75, 3.05) is 6.54 Å². The van der Waals surface area contributed by atoms with Gasteiger partial charge < -0.3 is 21.3 Å². The third-order valence-corrected chi connectivity index (χ3v) is 5.70. The maximum absolute atomic E-state index is 12.0. The minimum absolute atomic E-state index is 0. The van der Waals surface area contributed by atoms with E-state index >= 15 is 0 Å². The van der Waals surface area contributed by atoms with Crippen LogP contribution >= 0.6 is 12.4 Å². The van der Waals surface area contributed by atoms with Crippen LogP contribution in [-0.2, 0) is 24.4 Å². The van der Waals surface area contributed by atoms with Crippen molar-refractivity contribution in [3.05, 3.63) is 34.9 Å². The molecular formula is C22H35ClN4O2. The summed E-state index contributed by atoms with van der Waals surface area (Å²) in [7, 11) is 0. The number of hydrogen-bond donors (Lipinski definition) is 4. The summed E-state index contributed by atoms with van der Waals surface area (Å²) < 4.78 is 0. The van der Waals surface area contributed by atoms with Crippen LogP contribution in [0.5, 0.6) is 0 Å². The second-order valence-electron chi connectivity index (χ2n) is 8.03. The second kappa shape index (κ2) is 12.7. The molecule has 1 aliphatic heterocycles. The Bertz CT molecular complexity index is 662. The SMILES string of the molecule is Cl.O=C(CCCCCNC(=O)NC1CCCCC1)NCc1ccc2c(c1)CNC2. The normalized spacial score (nSPS) is 15.9. The van der Waals surface area contributed by atoms with Crippen LogP contribution in [0.3, 0.4) is 0 Å². The first-order valence-corrected chi connectivity index (χ1v) is 10.8. The number of urea groups is 1. The summed E-state index contributed by atoms with van der Waals surface area (Å²) in [6.07, 6.45) is 9.18. The number of amides is 3. The van der Waals surface area contributed by atoms with E-state index in [1.165, 1.54) is 30.4 Å². The molecular weight excluding hydrogens is 388 g/mol. The van der Waals surface area contributed by atoms with Crippen LogP contribution in [0.25, 0.3) is 0 Å². The maximum atomic E-state index is 12.0. The summed E-state index contributed by atoms with van der Waals surface area (Å²) in [5.41, 5.74) is 3.85. The van der Waals surface area contributed by atoms with Crippen molar-refractivity contribution in [3.8, 4) is 0 Å². The first-order chi connectivity index (χ1) is 13.7. The van der Waals surface area contributed by atoms with Crippen LogP contribution in [0.4, 0.5) is 4.79 Å². The number of nitrogens with one attached hydrogen (secondary N) is 4. The first-order valence-electron chi connectivity index (χ1n) is 10.8. The molecule has 3 rings (SSSR count).